The SMILES string of the molecule is COc1cccc(-c2cnnc(-n3nc(C)c4c3NC(=O)C[C@@H]4c3cc(C)ccc3C)n2)c1. The van der Waals surface area contributed by atoms with Crippen LogP contribution < -0.4 is 10.1 Å². The van der Waals surface area contributed by atoms with Crippen molar-refractivity contribution in [3.05, 3.63) is 76.6 Å². The molecule has 0 aliphatic carbocycles. The van der Waals surface area contributed by atoms with Gasteiger partial charge in [0, 0.05) is 23.5 Å². The molecule has 4 aromatic rings. The summed E-state index contributed by atoms with van der Waals surface area (Å²) in [6.45, 7) is 6.09. The molecule has 1 aliphatic heterocycles. The third-order valence-corrected chi connectivity index (χ3v) is 6.02. The van der Waals surface area contributed by atoms with Crippen LogP contribution in [-0.4, -0.2) is 38.0 Å². The summed E-state index contributed by atoms with van der Waals surface area (Å²) in [7, 11) is 1.62. The maximum absolute atomic E-state index is 12.7. The molecule has 1 atom stereocenters. The van der Waals surface area contributed by atoms with Crippen LogP contribution in [0.1, 0.15) is 40.3 Å². The Morgan fingerprint density at radius 3 is 2.79 bits per heavy atom. The lowest BCUT2D eigenvalue weighted by atomic mass is 9.83. The highest BCUT2D eigenvalue weighted by Crippen LogP contribution is 2.41. The molecular weight excluding hydrogens is 416 g/mol. The quantitative estimate of drug-likeness (QED) is 0.513. The molecule has 0 unspecified atom stereocenters. The van der Waals surface area contributed by atoms with Gasteiger partial charge in [-0.2, -0.15) is 14.9 Å². The zero-order chi connectivity index (χ0) is 23.1. The lowest BCUT2D eigenvalue weighted by molar-refractivity contribution is -0.116. The molecule has 8 heteroatoms. The molecule has 0 radical (unpaired) electrons. The number of anilines is 1. The smallest absolute Gasteiger partial charge is 0.272 e. The number of methoxy groups -OCH3 is 1. The molecule has 33 heavy (non-hydrogen) atoms. The van der Waals surface area contributed by atoms with E-state index >= 15 is 0 Å². The molecule has 2 aromatic carbocycles. The van der Waals surface area contributed by atoms with Crippen LogP contribution in [0.5, 0.6) is 5.75 Å². The molecule has 8 nitrogen and oxygen atoms in total. The standard InChI is InChI=1S/C25H24N6O2/c1-14-8-9-15(2)19(10-14)20-12-22(32)28-24-23(20)16(3)30-31(24)25-27-21(13-26-29-25)17-6-5-7-18(11-17)33-4/h5-11,13,20H,12H2,1-4H3,(H,28,32)/t20-/m1/s1. The summed E-state index contributed by atoms with van der Waals surface area (Å²) in [5.74, 6) is 1.47. The molecule has 1 N–H and O–H groups in total. The minimum Gasteiger partial charge on any atom is -0.497 e. The number of benzene rings is 2. The largest absolute Gasteiger partial charge is 0.497 e. The minimum absolute atomic E-state index is 0.0635. The zero-order valence-electron chi connectivity index (χ0n) is 19.0. The molecule has 2 aromatic heterocycles. The van der Waals surface area contributed by atoms with Crippen molar-refractivity contribution >= 4 is 11.7 Å². The highest BCUT2D eigenvalue weighted by Gasteiger charge is 2.34. The van der Waals surface area contributed by atoms with Gasteiger partial charge in [-0.25, -0.2) is 4.98 Å². The van der Waals surface area contributed by atoms with Gasteiger partial charge >= 0.3 is 0 Å². The number of hydrogen-bond donors (Lipinski definition) is 1. The van der Waals surface area contributed by atoms with Crippen molar-refractivity contribution < 1.29 is 9.53 Å². The molecule has 166 valence electrons. The number of ether oxygens (including phenoxy) is 1. The van der Waals surface area contributed by atoms with Crippen LogP contribution in [0.15, 0.2) is 48.7 Å². The summed E-state index contributed by atoms with van der Waals surface area (Å²) in [6, 6.07) is 13.9. The van der Waals surface area contributed by atoms with E-state index < -0.39 is 0 Å². The molecule has 0 bridgehead atoms. The topological polar surface area (TPSA) is 94.8 Å². The first-order chi connectivity index (χ1) is 15.9. The zero-order valence-corrected chi connectivity index (χ0v) is 19.0. The van der Waals surface area contributed by atoms with Crippen LogP contribution in [-0.2, 0) is 4.79 Å². The molecule has 0 fully saturated rings. The molecule has 0 saturated heterocycles. The lowest BCUT2D eigenvalue weighted by Crippen LogP contribution is -2.25. The normalized spacial score (nSPS) is 15.2. The molecule has 3 heterocycles. The van der Waals surface area contributed by atoms with E-state index in [-0.39, 0.29) is 11.8 Å². The third-order valence-electron chi connectivity index (χ3n) is 6.02. The maximum atomic E-state index is 12.7. The van der Waals surface area contributed by atoms with Crippen molar-refractivity contribution in [2.24, 2.45) is 0 Å². The van der Waals surface area contributed by atoms with Gasteiger partial charge in [0.1, 0.15) is 11.6 Å². The first kappa shape index (κ1) is 20.8. The Hall–Kier alpha value is -4.07. The van der Waals surface area contributed by atoms with E-state index in [2.05, 4.69) is 52.5 Å². The summed E-state index contributed by atoms with van der Waals surface area (Å²) in [5.41, 5.74) is 6.74. The van der Waals surface area contributed by atoms with Gasteiger partial charge in [-0.3, -0.25) is 4.79 Å². The Labute approximate surface area is 191 Å². The molecule has 1 amide bonds. The number of nitrogens with one attached hydrogen (secondary N) is 1. The second-order valence-corrected chi connectivity index (χ2v) is 8.30. The monoisotopic (exact) mass is 440 g/mol. The summed E-state index contributed by atoms with van der Waals surface area (Å²) in [4.78, 5) is 17.4. The average molecular weight is 441 g/mol. The summed E-state index contributed by atoms with van der Waals surface area (Å²) in [6.07, 6.45) is 1.96. The predicted octanol–water partition coefficient (Wildman–Crippen LogP) is 4.13. The van der Waals surface area contributed by atoms with E-state index in [1.54, 1.807) is 18.0 Å². The maximum Gasteiger partial charge on any atom is 0.272 e. The Kier molecular flexibility index (Phi) is 5.12. The minimum atomic E-state index is -0.0862. The average Bonchev–Trinajstić information content (AvgIpc) is 3.16. The fourth-order valence-corrected chi connectivity index (χ4v) is 4.40. The van der Waals surface area contributed by atoms with E-state index in [0.29, 0.717) is 23.9 Å². The van der Waals surface area contributed by atoms with Crippen molar-refractivity contribution in [2.75, 3.05) is 12.4 Å². The van der Waals surface area contributed by atoms with Crippen LogP contribution >= 0.6 is 0 Å². The number of aryl methyl sites for hydroxylation is 3. The van der Waals surface area contributed by atoms with Gasteiger partial charge in [-0.1, -0.05) is 35.9 Å². The number of hydrogen-bond acceptors (Lipinski definition) is 6. The van der Waals surface area contributed by atoms with Crippen molar-refractivity contribution in [3.8, 4) is 23.0 Å². The lowest BCUT2D eigenvalue weighted by Gasteiger charge is -2.25. The van der Waals surface area contributed by atoms with Crippen LogP contribution in [0.4, 0.5) is 5.82 Å². The Balaban J connectivity index is 1.62. The second-order valence-electron chi connectivity index (χ2n) is 8.30. The van der Waals surface area contributed by atoms with Crippen LogP contribution in [0, 0.1) is 20.8 Å². The molecule has 0 saturated carbocycles. The number of carbonyl (C=O) groups is 1. The summed E-state index contributed by atoms with van der Waals surface area (Å²) >= 11 is 0. The van der Waals surface area contributed by atoms with Crippen molar-refractivity contribution in [3.63, 3.8) is 0 Å². The van der Waals surface area contributed by atoms with Gasteiger partial charge in [0.15, 0.2) is 0 Å². The highest BCUT2D eigenvalue weighted by molar-refractivity contribution is 5.95. The van der Waals surface area contributed by atoms with Crippen LogP contribution in [0.3, 0.4) is 0 Å². The number of amides is 1. The van der Waals surface area contributed by atoms with E-state index in [0.717, 1.165) is 39.3 Å². The number of aromatic nitrogens is 5. The van der Waals surface area contributed by atoms with Gasteiger partial charge in [-0.15, -0.1) is 5.10 Å². The summed E-state index contributed by atoms with van der Waals surface area (Å²) < 4.78 is 6.90. The van der Waals surface area contributed by atoms with Crippen LogP contribution in [0.25, 0.3) is 17.2 Å². The fourth-order valence-electron chi connectivity index (χ4n) is 4.40. The number of nitrogens with zero attached hydrogens (tertiary/aromatic N) is 5. The van der Waals surface area contributed by atoms with E-state index in [1.807, 2.05) is 31.2 Å². The van der Waals surface area contributed by atoms with Crippen LogP contribution in [0.2, 0.25) is 0 Å². The van der Waals surface area contributed by atoms with Gasteiger partial charge in [0.05, 0.1) is 24.7 Å². The van der Waals surface area contributed by atoms with Gasteiger partial charge in [-0.05, 0) is 44.0 Å². The second kappa shape index (κ2) is 8.12. The Bertz CT molecular complexity index is 1380. The predicted molar refractivity (Wildman–Crippen MR) is 125 cm³/mol. The molecule has 1 aliphatic rings. The van der Waals surface area contributed by atoms with E-state index in [4.69, 9.17) is 9.84 Å². The van der Waals surface area contributed by atoms with Gasteiger partial charge in [0.25, 0.3) is 5.95 Å². The fraction of sp³-hybridized carbons (Fsp3) is 0.240. The molecule has 0 spiro atoms. The first-order valence-corrected chi connectivity index (χ1v) is 10.8. The molecule has 5 rings (SSSR count). The number of carbonyl (C=O) groups excluding carboxylic acids is 1. The van der Waals surface area contributed by atoms with Crippen molar-refractivity contribution in [1.29, 1.82) is 0 Å². The highest BCUT2D eigenvalue weighted by atomic mass is 16.5. The van der Waals surface area contributed by atoms with Crippen molar-refractivity contribution in [2.45, 2.75) is 33.1 Å². The number of rotatable bonds is 4. The number of fused-ring (bicyclic) bond motifs is 1. The Morgan fingerprint density at radius 1 is 1.12 bits per heavy atom. The molecular formula is C25H24N6O2. The summed E-state index contributed by atoms with van der Waals surface area (Å²) in [5, 5.41) is 16.1. The van der Waals surface area contributed by atoms with Crippen molar-refractivity contribution in [1.82, 2.24) is 25.0 Å². The first-order valence-electron chi connectivity index (χ1n) is 10.8. The van der Waals surface area contributed by atoms with E-state index in [9.17, 15) is 4.79 Å². The van der Waals surface area contributed by atoms with E-state index in [1.165, 1.54) is 0 Å². The third kappa shape index (κ3) is 3.73. The van der Waals surface area contributed by atoms with Gasteiger partial charge < -0.3 is 10.1 Å². The Morgan fingerprint density at radius 2 is 1.97 bits per heavy atom. The van der Waals surface area contributed by atoms with Gasteiger partial charge in [0.2, 0.25) is 5.91 Å².